The van der Waals surface area contributed by atoms with Crippen LogP contribution < -0.4 is 16.8 Å². The molecule has 0 radical (unpaired) electrons. The Kier molecular flexibility index (Phi) is 4.19. The number of aromatic nitrogens is 1. The Morgan fingerprint density at radius 3 is 2.65 bits per heavy atom. The summed E-state index contributed by atoms with van der Waals surface area (Å²) in [6.45, 7) is 3.76. The summed E-state index contributed by atoms with van der Waals surface area (Å²) in [5, 5.41) is 5.04. The molecule has 0 spiro atoms. The van der Waals surface area contributed by atoms with E-state index in [0.29, 0.717) is 17.2 Å². The van der Waals surface area contributed by atoms with Crippen molar-refractivity contribution in [3.8, 4) is 0 Å². The van der Waals surface area contributed by atoms with Crippen molar-refractivity contribution in [1.82, 2.24) is 10.3 Å². The number of rotatable bonds is 5. The van der Waals surface area contributed by atoms with Gasteiger partial charge < -0.3 is 16.8 Å². The van der Waals surface area contributed by atoms with Crippen molar-refractivity contribution in [3.63, 3.8) is 0 Å². The maximum Gasteiger partial charge on any atom is 0.271 e. The molecule has 1 heterocycles. The highest BCUT2D eigenvalue weighted by Gasteiger charge is 2.24. The van der Waals surface area contributed by atoms with Gasteiger partial charge in [-0.2, -0.15) is 0 Å². The van der Waals surface area contributed by atoms with Gasteiger partial charge in [0.15, 0.2) is 0 Å². The van der Waals surface area contributed by atoms with Gasteiger partial charge in [-0.15, -0.1) is 11.3 Å². The molecule has 0 fully saturated rings. The molecule has 7 heteroatoms. The average Bonchev–Trinajstić information content (AvgIpc) is 2.62. The molecule has 0 aliphatic rings. The Morgan fingerprint density at radius 1 is 1.53 bits per heavy atom. The molecule has 0 aliphatic heterocycles. The summed E-state index contributed by atoms with van der Waals surface area (Å²) in [6.07, 6.45) is 0.0760. The van der Waals surface area contributed by atoms with Crippen molar-refractivity contribution < 1.29 is 9.59 Å². The van der Waals surface area contributed by atoms with Crippen LogP contribution in [0.2, 0.25) is 0 Å². The Balaban J connectivity index is 2.68. The smallest absolute Gasteiger partial charge is 0.271 e. The Bertz CT molecular complexity index is 428. The summed E-state index contributed by atoms with van der Waals surface area (Å²) in [7, 11) is 0. The third-order valence-corrected chi connectivity index (χ3v) is 2.90. The van der Waals surface area contributed by atoms with E-state index >= 15 is 0 Å². The number of carbonyl (C=O) groups is 2. The lowest BCUT2D eigenvalue weighted by Gasteiger charge is -2.24. The minimum atomic E-state index is -0.685. The minimum absolute atomic E-state index is 0.0760. The lowest BCUT2D eigenvalue weighted by Crippen LogP contribution is -2.46. The molecule has 1 aromatic rings. The van der Waals surface area contributed by atoms with Gasteiger partial charge in [-0.1, -0.05) is 0 Å². The Hall–Kier alpha value is -1.47. The monoisotopic (exact) mass is 256 g/mol. The molecule has 17 heavy (non-hydrogen) atoms. The van der Waals surface area contributed by atoms with Crippen LogP contribution in [0.25, 0.3) is 0 Å². The molecule has 94 valence electrons. The van der Waals surface area contributed by atoms with E-state index in [-0.39, 0.29) is 12.3 Å². The molecule has 0 saturated heterocycles. The van der Waals surface area contributed by atoms with Crippen LogP contribution in [-0.2, 0) is 11.3 Å². The molecule has 6 nitrogen and oxygen atoms in total. The molecular formula is C10H16N4O2S. The number of nitrogens with zero attached hydrogens (tertiary/aromatic N) is 1. The van der Waals surface area contributed by atoms with Gasteiger partial charge in [0.25, 0.3) is 5.91 Å². The third-order valence-electron chi connectivity index (χ3n) is 2.03. The number of amides is 2. The van der Waals surface area contributed by atoms with Gasteiger partial charge in [-0.05, 0) is 13.8 Å². The molecule has 0 aliphatic carbocycles. The van der Waals surface area contributed by atoms with Crippen LogP contribution in [0.3, 0.4) is 0 Å². The van der Waals surface area contributed by atoms with Gasteiger partial charge in [0.2, 0.25) is 5.91 Å². The number of hydrogen-bond donors (Lipinski definition) is 3. The number of thiazole rings is 1. The largest absolute Gasteiger partial charge is 0.370 e. The Labute approximate surface area is 103 Å². The molecule has 5 N–H and O–H groups in total. The summed E-state index contributed by atoms with van der Waals surface area (Å²) >= 11 is 1.33. The Morgan fingerprint density at radius 2 is 2.18 bits per heavy atom. The second-order valence-corrected chi connectivity index (χ2v) is 5.25. The van der Waals surface area contributed by atoms with Gasteiger partial charge in [-0.3, -0.25) is 9.59 Å². The highest BCUT2D eigenvalue weighted by molar-refractivity contribution is 7.09. The van der Waals surface area contributed by atoms with E-state index in [1.165, 1.54) is 11.3 Å². The summed E-state index contributed by atoms with van der Waals surface area (Å²) in [4.78, 5) is 26.7. The number of hydrogen-bond acceptors (Lipinski definition) is 5. The molecule has 1 aromatic heterocycles. The van der Waals surface area contributed by atoms with Crippen LogP contribution in [0.5, 0.6) is 0 Å². The molecule has 0 atom stereocenters. The number of nitrogens with one attached hydrogen (secondary N) is 1. The summed E-state index contributed by atoms with van der Waals surface area (Å²) in [6, 6.07) is 0. The standard InChI is InChI=1S/C10H16N4O2S/c1-10(2,3-7(12)15)14-9(16)6-5-17-8(4-11)13-6/h5H,3-4,11H2,1-2H3,(H2,12,15)(H,14,16). The first-order chi connectivity index (χ1) is 7.84. The SMILES string of the molecule is CC(C)(CC(N)=O)NC(=O)c1csc(CN)n1. The van der Waals surface area contributed by atoms with Crippen LogP contribution >= 0.6 is 11.3 Å². The summed E-state index contributed by atoms with van der Waals surface area (Å²) < 4.78 is 0. The maximum atomic E-state index is 11.8. The number of primary amides is 1. The first kappa shape index (κ1) is 13.6. The topological polar surface area (TPSA) is 111 Å². The first-order valence-electron chi connectivity index (χ1n) is 5.09. The van der Waals surface area contributed by atoms with E-state index in [9.17, 15) is 9.59 Å². The fourth-order valence-corrected chi connectivity index (χ4v) is 2.01. The predicted octanol–water partition coefficient (Wildman–Crippen LogP) is -0.0144. The average molecular weight is 256 g/mol. The van der Waals surface area contributed by atoms with Crippen LogP contribution in [-0.4, -0.2) is 22.3 Å². The van der Waals surface area contributed by atoms with Crippen LogP contribution in [0, 0.1) is 0 Å². The second kappa shape index (κ2) is 5.24. The van der Waals surface area contributed by atoms with Crippen molar-refractivity contribution in [2.24, 2.45) is 11.5 Å². The zero-order chi connectivity index (χ0) is 13.1. The van der Waals surface area contributed by atoms with E-state index < -0.39 is 11.4 Å². The van der Waals surface area contributed by atoms with Gasteiger partial charge in [0.05, 0.1) is 0 Å². The van der Waals surface area contributed by atoms with Gasteiger partial charge in [-0.25, -0.2) is 4.98 Å². The van der Waals surface area contributed by atoms with Gasteiger partial charge in [0.1, 0.15) is 10.7 Å². The molecule has 0 aromatic carbocycles. The molecule has 1 rings (SSSR count). The molecular weight excluding hydrogens is 240 g/mol. The zero-order valence-electron chi connectivity index (χ0n) is 9.82. The van der Waals surface area contributed by atoms with Crippen molar-refractivity contribution in [3.05, 3.63) is 16.1 Å². The maximum absolute atomic E-state index is 11.8. The molecule has 0 saturated carbocycles. The van der Waals surface area contributed by atoms with Crippen molar-refractivity contribution >= 4 is 23.2 Å². The van der Waals surface area contributed by atoms with E-state index in [1.54, 1.807) is 19.2 Å². The van der Waals surface area contributed by atoms with E-state index in [4.69, 9.17) is 11.5 Å². The quantitative estimate of drug-likeness (QED) is 0.687. The zero-order valence-corrected chi connectivity index (χ0v) is 10.6. The van der Waals surface area contributed by atoms with E-state index in [2.05, 4.69) is 10.3 Å². The van der Waals surface area contributed by atoms with Crippen LogP contribution in [0.15, 0.2) is 5.38 Å². The van der Waals surface area contributed by atoms with Crippen molar-refractivity contribution in [1.29, 1.82) is 0 Å². The van der Waals surface area contributed by atoms with Gasteiger partial charge in [0, 0.05) is 23.9 Å². The number of nitrogens with two attached hydrogens (primary N) is 2. The first-order valence-corrected chi connectivity index (χ1v) is 5.97. The highest BCUT2D eigenvalue weighted by Crippen LogP contribution is 2.12. The third kappa shape index (κ3) is 4.12. The summed E-state index contributed by atoms with van der Waals surface area (Å²) in [5.41, 5.74) is 10.1. The second-order valence-electron chi connectivity index (χ2n) is 4.31. The summed E-state index contributed by atoms with van der Waals surface area (Å²) in [5.74, 6) is -0.788. The normalized spacial score (nSPS) is 11.2. The number of carbonyl (C=O) groups excluding carboxylic acids is 2. The fourth-order valence-electron chi connectivity index (χ4n) is 1.36. The van der Waals surface area contributed by atoms with E-state index in [0.717, 1.165) is 0 Å². The van der Waals surface area contributed by atoms with Gasteiger partial charge >= 0.3 is 0 Å². The van der Waals surface area contributed by atoms with Crippen LogP contribution in [0.1, 0.15) is 35.8 Å². The highest BCUT2D eigenvalue weighted by atomic mass is 32.1. The predicted molar refractivity (Wildman–Crippen MR) is 65.4 cm³/mol. The van der Waals surface area contributed by atoms with Crippen LogP contribution in [0.4, 0.5) is 0 Å². The fraction of sp³-hybridized carbons (Fsp3) is 0.500. The lowest BCUT2D eigenvalue weighted by atomic mass is 10.0. The molecule has 2 amide bonds. The minimum Gasteiger partial charge on any atom is -0.370 e. The van der Waals surface area contributed by atoms with Crippen molar-refractivity contribution in [2.45, 2.75) is 32.4 Å². The lowest BCUT2D eigenvalue weighted by molar-refractivity contribution is -0.119. The van der Waals surface area contributed by atoms with Crippen molar-refractivity contribution in [2.75, 3.05) is 0 Å². The molecule has 0 unspecified atom stereocenters. The van der Waals surface area contributed by atoms with E-state index in [1.807, 2.05) is 0 Å². The molecule has 0 bridgehead atoms.